The van der Waals surface area contributed by atoms with E-state index in [1.54, 1.807) is 0 Å². The Morgan fingerprint density at radius 2 is 1.43 bits per heavy atom. The second-order valence-electron chi connectivity index (χ2n) is 6.71. The van der Waals surface area contributed by atoms with E-state index < -0.39 is 0 Å². The standard InChI is InChI=1S/C12H25N.CH4/c1-11(2,3)7-10-8-13(9-10)12(4,5)6;/h10H,7-9H2,1-6H3;1H4. The van der Waals surface area contributed by atoms with Crippen LogP contribution in [0.4, 0.5) is 0 Å². The van der Waals surface area contributed by atoms with Crippen LogP contribution in [0.1, 0.15) is 55.4 Å². The summed E-state index contributed by atoms with van der Waals surface area (Å²) in [4.78, 5) is 2.57. The molecule has 0 atom stereocenters. The van der Waals surface area contributed by atoms with Crippen LogP contribution in [0, 0.1) is 11.3 Å². The molecule has 1 saturated heterocycles. The van der Waals surface area contributed by atoms with Crippen molar-refractivity contribution in [2.24, 2.45) is 11.3 Å². The molecule has 0 saturated carbocycles. The van der Waals surface area contributed by atoms with E-state index >= 15 is 0 Å². The Balaban J connectivity index is 0.00000169. The molecule has 0 amide bonds. The van der Waals surface area contributed by atoms with Gasteiger partial charge in [0.15, 0.2) is 0 Å². The number of nitrogens with zero attached hydrogens (tertiary/aromatic N) is 1. The van der Waals surface area contributed by atoms with Gasteiger partial charge in [-0.2, -0.15) is 0 Å². The van der Waals surface area contributed by atoms with Gasteiger partial charge in [0.1, 0.15) is 0 Å². The summed E-state index contributed by atoms with van der Waals surface area (Å²) in [7, 11) is 0. The van der Waals surface area contributed by atoms with E-state index in [4.69, 9.17) is 0 Å². The van der Waals surface area contributed by atoms with E-state index in [2.05, 4.69) is 46.4 Å². The van der Waals surface area contributed by atoms with Gasteiger partial charge in [-0.05, 0) is 38.5 Å². The molecule has 1 nitrogen and oxygen atoms in total. The van der Waals surface area contributed by atoms with Crippen LogP contribution in [-0.2, 0) is 0 Å². The van der Waals surface area contributed by atoms with Gasteiger partial charge in [0.05, 0.1) is 0 Å². The molecule has 0 unspecified atom stereocenters. The minimum Gasteiger partial charge on any atom is -0.298 e. The van der Waals surface area contributed by atoms with E-state index in [0.29, 0.717) is 11.0 Å². The highest BCUT2D eigenvalue weighted by Gasteiger charge is 2.35. The molecule has 0 aromatic rings. The van der Waals surface area contributed by atoms with Gasteiger partial charge in [0, 0.05) is 18.6 Å². The molecular weight excluding hydrogens is 170 g/mol. The molecule has 1 aliphatic heterocycles. The minimum atomic E-state index is 0. The molecule has 0 radical (unpaired) electrons. The predicted molar refractivity (Wildman–Crippen MR) is 65.6 cm³/mol. The summed E-state index contributed by atoms with van der Waals surface area (Å²) >= 11 is 0. The molecule has 86 valence electrons. The summed E-state index contributed by atoms with van der Waals surface area (Å²) in [5, 5.41) is 0. The largest absolute Gasteiger partial charge is 0.298 e. The van der Waals surface area contributed by atoms with Crippen LogP contribution in [-0.4, -0.2) is 23.5 Å². The Bertz CT molecular complexity index is 165. The molecule has 1 aliphatic rings. The first-order chi connectivity index (χ1) is 5.68. The number of hydrogen-bond acceptors (Lipinski definition) is 1. The summed E-state index contributed by atoms with van der Waals surface area (Å²) in [5.74, 6) is 0.944. The Kier molecular flexibility index (Phi) is 4.21. The fraction of sp³-hybridized carbons (Fsp3) is 1.00. The van der Waals surface area contributed by atoms with Crippen molar-refractivity contribution in [3.63, 3.8) is 0 Å². The fourth-order valence-electron chi connectivity index (χ4n) is 2.11. The first kappa shape index (κ1) is 14.0. The SMILES string of the molecule is C.CC(C)(C)CC1CN(C(C)(C)C)C1. The monoisotopic (exact) mass is 199 g/mol. The molecule has 0 aliphatic carbocycles. The van der Waals surface area contributed by atoms with Crippen LogP contribution < -0.4 is 0 Å². The van der Waals surface area contributed by atoms with Crippen molar-refractivity contribution in [2.75, 3.05) is 13.1 Å². The maximum absolute atomic E-state index is 2.57. The van der Waals surface area contributed by atoms with Crippen molar-refractivity contribution < 1.29 is 0 Å². The van der Waals surface area contributed by atoms with Crippen LogP contribution in [0.3, 0.4) is 0 Å². The first-order valence-electron chi connectivity index (χ1n) is 5.43. The lowest BCUT2D eigenvalue weighted by Gasteiger charge is -2.49. The maximum Gasteiger partial charge on any atom is 0.0125 e. The lowest BCUT2D eigenvalue weighted by Crippen LogP contribution is -2.56. The maximum atomic E-state index is 2.57. The predicted octanol–water partition coefficient (Wildman–Crippen LogP) is 3.79. The zero-order chi connectivity index (χ0) is 10.3. The zero-order valence-corrected chi connectivity index (χ0v) is 10.1. The van der Waals surface area contributed by atoms with Crippen molar-refractivity contribution in [3.05, 3.63) is 0 Å². The highest BCUT2D eigenvalue weighted by atomic mass is 15.2. The third-order valence-corrected chi connectivity index (χ3v) is 2.81. The number of hydrogen-bond donors (Lipinski definition) is 0. The second-order valence-corrected chi connectivity index (χ2v) is 6.71. The average Bonchev–Trinajstić information content (AvgIpc) is 1.71. The van der Waals surface area contributed by atoms with E-state index in [0.717, 1.165) is 5.92 Å². The molecule has 14 heavy (non-hydrogen) atoms. The molecule has 0 bridgehead atoms. The van der Waals surface area contributed by atoms with Gasteiger partial charge in [-0.1, -0.05) is 28.2 Å². The van der Waals surface area contributed by atoms with Gasteiger partial charge in [0.2, 0.25) is 0 Å². The normalized spacial score (nSPS) is 20.1. The van der Waals surface area contributed by atoms with Crippen molar-refractivity contribution in [1.82, 2.24) is 4.90 Å². The van der Waals surface area contributed by atoms with Crippen molar-refractivity contribution in [1.29, 1.82) is 0 Å². The number of likely N-dealkylation sites (tertiary alicyclic amines) is 1. The summed E-state index contributed by atoms with van der Waals surface area (Å²) < 4.78 is 0. The highest BCUT2D eigenvalue weighted by molar-refractivity contribution is 4.90. The molecule has 1 heteroatoms. The van der Waals surface area contributed by atoms with Gasteiger partial charge < -0.3 is 0 Å². The van der Waals surface area contributed by atoms with Gasteiger partial charge in [-0.3, -0.25) is 4.90 Å². The Labute approximate surface area is 90.9 Å². The van der Waals surface area contributed by atoms with Gasteiger partial charge >= 0.3 is 0 Å². The molecule has 0 N–H and O–H groups in total. The third-order valence-electron chi connectivity index (χ3n) is 2.81. The lowest BCUT2D eigenvalue weighted by molar-refractivity contribution is -0.00290. The van der Waals surface area contributed by atoms with Crippen LogP contribution in [0.5, 0.6) is 0 Å². The Morgan fingerprint density at radius 3 is 1.71 bits per heavy atom. The summed E-state index contributed by atoms with van der Waals surface area (Å²) in [5.41, 5.74) is 0.892. The molecule has 1 heterocycles. The van der Waals surface area contributed by atoms with E-state index in [1.807, 2.05) is 0 Å². The molecule has 0 aromatic carbocycles. The van der Waals surface area contributed by atoms with E-state index in [1.165, 1.54) is 19.5 Å². The van der Waals surface area contributed by atoms with Crippen molar-refractivity contribution in [3.8, 4) is 0 Å². The van der Waals surface area contributed by atoms with Crippen LogP contribution in [0.25, 0.3) is 0 Å². The molecule has 1 rings (SSSR count). The summed E-state index contributed by atoms with van der Waals surface area (Å²) in [6.07, 6.45) is 1.37. The van der Waals surface area contributed by atoms with Crippen molar-refractivity contribution in [2.45, 2.75) is 60.9 Å². The molecule has 1 fully saturated rings. The fourth-order valence-corrected chi connectivity index (χ4v) is 2.11. The van der Waals surface area contributed by atoms with Crippen LogP contribution in [0.15, 0.2) is 0 Å². The summed E-state index contributed by atoms with van der Waals surface area (Å²) in [6, 6.07) is 0. The van der Waals surface area contributed by atoms with Crippen LogP contribution in [0.2, 0.25) is 0 Å². The average molecular weight is 199 g/mol. The molecule has 0 aromatic heterocycles. The zero-order valence-electron chi connectivity index (χ0n) is 10.1. The smallest absolute Gasteiger partial charge is 0.0125 e. The molecule has 0 spiro atoms. The van der Waals surface area contributed by atoms with E-state index in [9.17, 15) is 0 Å². The van der Waals surface area contributed by atoms with Gasteiger partial charge in [0.25, 0.3) is 0 Å². The lowest BCUT2D eigenvalue weighted by atomic mass is 9.79. The molecular formula is C13H29N. The highest BCUT2D eigenvalue weighted by Crippen LogP contribution is 2.33. The van der Waals surface area contributed by atoms with Crippen molar-refractivity contribution >= 4 is 0 Å². The topological polar surface area (TPSA) is 3.24 Å². The van der Waals surface area contributed by atoms with Gasteiger partial charge in [-0.15, -0.1) is 0 Å². The Hall–Kier alpha value is -0.0400. The quantitative estimate of drug-likeness (QED) is 0.621. The summed E-state index contributed by atoms with van der Waals surface area (Å²) in [6.45, 7) is 16.6. The third kappa shape index (κ3) is 4.00. The minimum absolute atomic E-state index is 0. The van der Waals surface area contributed by atoms with Crippen LogP contribution >= 0.6 is 0 Å². The number of rotatable bonds is 1. The first-order valence-corrected chi connectivity index (χ1v) is 5.43. The Morgan fingerprint density at radius 1 is 1.00 bits per heavy atom. The van der Waals surface area contributed by atoms with E-state index in [-0.39, 0.29) is 7.43 Å². The second kappa shape index (κ2) is 4.22. The van der Waals surface area contributed by atoms with Gasteiger partial charge in [-0.25, -0.2) is 0 Å².